The van der Waals surface area contributed by atoms with Gasteiger partial charge >= 0.3 is 5.97 Å². The van der Waals surface area contributed by atoms with E-state index in [4.69, 9.17) is 15.6 Å². The summed E-state index contributed by atoms with van der Waals surface area (Å²) >= 11 is 0. The fourth-order valence-electron chi connectivity index (χ4n) is 1.72. The molecule has 1 saturated heterocycles. The largest absolute Gasteiger partial charge is 0.481 e. The molecule has 3 N–H and O–H groups in total. The highest BCUT2D eigenvalue weighted by Crippen LogP contribution is 2.24. The Morgan fingerprint density at radius 2 is 2.33 bits per heavy atom. The summed E-state index contributed by atoms with van der Waals surface area (Å²) in [4.78, 5) is 31.6. The Bertz CT molecular complexity index is 505. The molecular weight excluding hydrogens is 240 g/mol. The van der Waals surface area contributed by atoms with Crippen molar-refractivity contribution in [3.8, 4) is 5.88 Å². The molecular formula is C10H12N4O4. The summed E-state index contributed by atoms with van der Waals surface area (Å²) in [6.07, 6.45) is -0.0597. The molecule has 1 aromatic heterocycles. The summed E-state index contributed by atoms with van der Waals surface area (Å²) in [7, 11) is 1.41. The molecule has 2 rings (SSSR count). The Morgan fingerprint density at radius 1 is 1.61 bits per heavy atom. The van der Waals surface area contributed by atoms with Gasteiger partial charge in [0.05, 0.1) is 13.0 Å². The quantitative estimate of drug-likeness (QED) is 0.744. The predicted octanol–water partition coefficient (Wildman–Crippen LogP) is -0.495. The lowest BCUT2D eigenvalue weighted by atomic mass is 10.1. The normalized spacial score (nSPS) is 19.1. The minimum atomic E-state index is -1.01. The van der Waals surface area contributed by atoms with Crippen LogP contribution in [0.4, 0.5) is 11.8 Å². The van der Waals surface area contributed by atoms with E-state index in [-0.39, 0.29) is 36.5 Å². The lowest BCUT2D eigenvalue weighted by Crippen LogP contribution is -2.28. The number of anilines is 2. The number of amides is 1. The predicted molar refractivity (Wildman–Crippen MR) is 61.1 cm³/mol. The average Bonchev–Trinajstić information content (AvgIpc) is 2.70. The lowest BCUT2D eigenvalue weighted by molar-refractivity contribution is -0.141. The highest BCUT2D eigenvalue weighted by atomic mass is 16.5. The standard InChI is InChI=1S/C10H12N4O4/c1-18-7-3-6(11)12-10(13-7)14-4-5(9(16)17)2-8(14)15/h3,5H,2,4H2,1H3,(H,16,17)(H2,11,12,13). The molecule has 8 heteroatoms. The lowest BCUT2D eigenvalue weighted by Gasteiger charge is -2.14. The van der Waals surface area contributed by atoms with E-state index >= 15 is 0 Å². The maximum Gasteiger partial charge on any atom is 0.308 e. The summed E-state index contributed by atoms with van der Waals surface area (Å²) in [5.41, 5.74) is 5.56. The first-order chi connectivity index (χ1) is 8.51. The Balaban J connectivity index is 2.29. The number of ether oxygens (including phenoxy) is 1. The number of nitrogens with two attached hydrogens (primary N) is 1. The summed E-state index contributed by atoms with van der Waals surface area (Å²) in [5, 5.41) is 8.88. The van der Waals surface area contributed by atoms with E-state index in [1.54, 1.807) is 0 Å². The molecule has 0 radical (unpaired) electrons. The molecule has 0 aliphatic carbocycles. The van der Waals surface area contributed by atoms with Gasteiger partial charge in [0.25, 0.3) is 0 Å². The fourth-order valence-corrected chi connectivity index (χ4v) is 1.72. The van der Waals surface area contributed by atoms with Crippen LogP contribution in [0.5, 0.6) is 5.88 Å². The number of hydrogen-bond acceptors (Lipinski definition) is 6. The van der Waals surface area contributed by atoms with Crippen molar-refractivity contribution in [1.82, 2.24) is 9.97 Å². The van der Waals surface area contributed by atoms with E-state index in [0.717, 1.165) is 0 Å². The first kappa shape index (κ1) is 12.1. The highest BCUT2D eigenvalue weighted by molar-refractivity contribution is 5.98. The summed E-state index contributed by atoms with van der Waals surface area (Å²) in [6.45, 7) is 0.0424. The van der Waals surface area contributed by atoms with Gasteiger partial charge < -0.3 is 15.6 Å². The molecule has 0 bridgehead atoms. The molecule has 0 aromatic carbocycles. The number of aromatic nitrogens is 2. The Labute approximate surface area is 102 Å². The van der Waals surface area contributed by atoms with Crippen LogP contribution in [0.15, 0.2) is 6.07 Å². The van der Waals surface area contributed by atoms with Crippen molar-refractivity contribution in [3.63, 3.8) is 0 Å². The van der Waals surface area contributed by atoms with E-state index in [1.165, 1.54) is 18.1 Å². The van der Waals surface area contributed by atoms with Gasteiger partial charge in [-0.2, -0.15) is 9.97 Å². The van der Waals surface area contributed by atoms with Gasteiger partial charge in [0.2, 0.25) is 17.7 Å². The molecule has 0 saturated carbocycles. The van der Waals surface area contributed by atoms with Gasteiger partial charge in [0.15, 0.2) is 0 Å². The van der Waals surface area contributed by atoms with Crippen molar-refractivity contribution in [1.29, 1.82) is 0 Å². The summed E-state index contributed by atoms with van der Waals surface area (Å²) in [6, 6.07) is 1.42. The molecule has 2 heterocycles. The first-order valence-corrected chi connectivity index (χ1v) is 5.23. The minimum absolute atomic E-state index is 0.0424. The van der Waals surface area contributed by atoms with Gasteiger partial charge in [-0.3, -0.25) is 14.5 Å². The first-order valence-electron chi connectivity index (χ1n) is 5.23. The third-order valence-electron chi connectivity index (χ3n) is 2.64. The third-order valence-corrected chi connectivity index (χ3v) is 2.64. The van der Waals surface area contributed by atoms with Crippen LogP contribution < -0.4 is 15.4 Å². The average molecular weight is 252 g/mol. The topological polar surface area (TPSA) is 119 Å². The monoisotopic (exact) mass is 252 g/mol. The van der Waals surface area contributed by atoms with Crippen molar-refractivity contribution >= 4 is 23.6 Å². The number of carbonyl (C=O) groups is 2. The second kappa shape index (κ2) is 4.47. The number of nitrogen functional groups attached to an aromatic ring is 1. The minimum Gasteiger partial charge on any atom is -0.481 e. The number of carbonyl (C=O) groups excluding carboxylic acids is 1. The zero-order valence-corrected chi connectivity index (χ0v) is 9.66. The van der Waals surface area contributed by atoms with Crippen LogP contribution in [0.25, 0.3) is 0 Å². The van der Waals surface area contributed by atoms with Gasteiger partial charge in [-0.05, 0) is 0 Å². The number of carboxylic acid groups (broad SMARTS) is 1. The van der Waals surface area contributed by atoms with Crippen LogP contribution >= 0.6 is 0 Å². The Hall–Kier alpha value is -2.38. The van der Waals surface area contributed by atoms with Gasteiger partial charge in [0, 0.05) is 19.0 Å². The molecule has 8 nitrogen and oxygen atoms in total. The van der Waals surface area contributed by atoms with Crippen molar-refractivity contribution < 1.29 is 19.4 Å². The number of rotatable bonds is 3. The molecule has 1 aliphatic heterocycles. The molecule has 18 heavy (non-hydrogen) atoms. The number of aliphatic carboxylic acids is 1. The van der Waals surface area contributed by atoms with Gasteiger partial charge in [0.1, 0.15) is 5.82 Å². The van der Waals surface area contributed by atoms with Gasteiger partial charge in [-0.15, -0.1) is 0 Å². The van der Waals surface area contributed by atoms with E-state index in [2.05, 4.69) is 9.97 Å². The van der Waals surface area contributed by atoms with Crippen LogP contribution in [-0.4, -0.2) is 40.6 Å². The van der Waals surface area contributed by atoms with Crippen LogP contribution in [0.2, 0.25) is 0 Å². The zero-order valence-electron chi connectivity index (χ0n) is 9.66. The molecule has 1 fully saturated rings. The maximum atomic E-state index is 11.7. The molecule has 96 valence electrons. The van der Waals surface area contributed by atoms with Crippen LogP contribution in [0.3, 0.4) is 0 Å². The molecule has 0 spiro atoms. The number of carboxylic acids is 1. The van der Waals surface area contributed by atoms with Crippen LogP contribution in [0, 0.1) is 5.92 Å². The van der Waals surface area contributed by atoms with Gasteiger partial charge in [-0.25, -0.2) is 0 Å². The van der Waals surface area contributed by atoms with Crippen molar-refractivity contribution in [2.45, 2.75) is 6.42 Å². The zero-order chi connectivity index (χ0) is 13.3. The SMILES string of the molecule is COc1cc(N)nc(N2CC(C(=O)O)CC2=O)n1. The second-order valence-corrected chi connectivity index (χ2v) is 3.88. The smallest absolute Gasteiger partial charge is 0.308 e. The molecule has 1 aromatic rings. The Morgan fingerprint density at radius 3 is 2.89 bits per heavy atom. The van der Waals surface area contributed by atoms with Crippen LogP contribution in [-0.2, 0) is 9.59 Å². The highest BCUT2D eigenvalue weighted by Gasteiger charge is 2.36. The molecule has 1 amide bonds. The summed E-state index contributed by atoms with van der Waals surface area (Å²) in [5.74, 6) is -1.64. The van der Waals surface area contributed by atoms with Crippen LogP contribution in [0.1, 0.15) is 6.42 Å². The molecule has 1 atom stereocenters. The van der Waals surface area contributed by atoms with Crippen molar-refractivity contribution in [2.75, 3.05) is 24.3 Å². The van der Waals surface area contributed by atoms with E-state index < -0.39 is 11.9 Å². The number of hydrogen-bond donors (Lipinski definition) is 2. The van der Waals surface area contributed by atoms with Gasteiger partial charge in [-0.1, -0.05) is 0 Å². The van der Waals surface area contributed by atoms with E-state index in [9.17, 15) is 9.59 Å². The van der Waals surface area contributed by atoms with E-state index in [0.29, 0.717) is 0 Å². The summed E-state index contributed by atoms with van der Waals surface area (Å²) < 4.78 is 4.92. The van der Waals surface area contributed by atoms with E-state index in [1.807, 2.05) is 0 Å². The number of methoxy groups -OCH3 is 1. The van der Waals surface area contributed by atoms with Crippen molar-refractivity contribution in [3.05, 3.63) is 6.07 Å². The number of nitrogens with zero attached hydrogens (tertiary/aromatic N) is 3. The maximum absolute atomic E-state index is 11.7. The Kier molecular flexibility index (Phi) is 3.00. The van der Waals surface area contributed by atoms with Crippen molar-refractivity contribution in [2.24, 2.45) is 5.92 Å². The molecule has 1 unspecified atom stereocenters. The molecule has 1 aliphatic rings. The second-order valence-electron chi connectivity index (χ2n) is 3.88. The third kappa shape index (κ3) is 2.17. The fraction of sp³-hybridized carbons (Fsp3) is 0.400.